The second-order valence-corrected chi connectivity index (χ2v) is 4.54. The number of fused-ring (bicyclic) bond motifs is 2. The van der Waals surface area contributed by atoms with Crippen molar-refractivity contribution in [3.63, 3.8) is 0 Å². The van der Waals surface area contributed by atoms with E-state index in [-0.39, 0.29) is 17.1 Å². The Morgan fingerprint density at radius 1 is 0.478 bits per heavy atom. The summed E-state index contributed by atoms with van der Waals surface area (Å²) < 4.78 is 0. The monoisotopic (exact) mass is 355 g/mol. The minimum Gasteiger partial charge on any atom is -0.587 e. The summed E-state index contributed by atoms with van der Waals surface area (Å²) in [6.45, 7) is 0. The van der Waals surface area contributed by atoms with E-state index in [4.69, 9.17) is 0 Å². The van der Waals surface area contributed by atoms with E-state index in [0.717, 1.165) is 0 Å². The van der Waals surface area contributed by atoms with E-state index in [1.54, 1.807) is 48.5 Å². The van der Waals surface area contributed by atoms with Crippen LogP contribution in [0, 0.1) is 0 Å². The van der Waals surface area contributed by atoms with Crippen molar-refractivity contribution < 1.29 is 36.2 Å². The molecular weight excluding hydrogens is 348 g/mol. The van der Waals surface area contributed by atoms with Crippen molar-refractivity contribution in [3.05, 3.63) is 81.4 Å². The molecule has 0 N–H and O–H groups in total. The molecule has 0 fully saturated rings. The molecule has 0 saturated heterocycles. The van der Waals surface area contributed by atoms with Gasteiger partial charge in [-0.25, -0.2) is 0 Å². The summed E-state index contributed by atoms with van der Waals surface area (Å²) >= 11 is 0. The van der Waals surface area contributed by atoms with E-state index in [0.29, 0.717) is 22.3 Å². The molecule has 1 radical (unpaired) electrons. The standard InChI is InChI=1S/2C8H5NO2.Cu/c2*10-7-5-3-1-2-4-6(5)8(11)9-7;/h2*1-4H,(H,9,10,11);/q;;+2/p-2. The smallest absolute Gasteiger partial charge is 0.587 e. The van der Waals surface area contributed by atoms with Crippen LogP contribution < -0.4 is 0 Å². The number of benzene rings is 2. The number of amides is 4. The van der Waals surface area contributed by atoms with Crippen molar-refractivity contribution in [3.8, 4) is 0 Å². The molecule has 0 aliphatic carbocycles. The summed E-state index contributed by atoms with van der Waals surface area (Å²) in [5.74, 6) is -1.70. The third-order valence-electron chi connectivity index (χ3n) is 3.18. The Morgan fingerprint density at radius 2 is 0.696 bits per heavy atom. The molecule has 23 heavy (non-hydrogen) atoms. The van der Waals surface area contributed by atoms with E-state index >= 15 is 0 Å². The first-order valence-electron chi connectivity index (χ1n) is 6.37. The molecule has 0 aromatic heterocycles. The molecule has 2 aliphatic heterocycles. The normalized spacial score (nSPS) is 13.9. The van der Waals surface area contributed by atoms with Gasteiger partial charge in [0.15, 0.2) is 0 Å². The Kier molecular flexibility index (Phi) is 4.74. The molecule has 2 aliphatic rings. The zero-order valence-corrected chi connectivity index (χ0v) is 12.4. The predicted molar refractivity (Wildman–Crippen MR) is 76.9 cm³/mol. The molecule has 4 amide bonds. The number of carbonyl (C=O) groups excluding carboxylic acids is 4. The quantitative estimate of drug-likeness (QED) is 0.536. The van der Waals surface area contributed by atoms with Gasteiger partial charge in [-0.1, -0.05) is 48.5 Å². The van der Waals surface area contributed by atoms with E-state index in [2.05, 4.69) is 10.6 Å². The summed E-state index contributed by atoms with van der Waals surface area (Å²) in [6.07, 6.45) is 0. The molecule has 0 atom stereocenters. The van der Waals surface area contributed by atoms with Gasteiger partial charge in [-0.05, 0) is 0 Å². The van der Waals surface area contributed by atoms with Gasteiger partial charge >= 0.3 is 17.1 Å². The van der Waals surface area contributed by atoms with Crippen LogP contribution in [0.5, 0.6) is 0 Å². The Hall–Kier alpha value is -2.76. The first kappa shape index (κ1) is 16.6. The maximum atomic E-state index is 10.9. The van der Waals surface area contributed by atoms with Crippen molar-refractivity contribution in [2.75, 3.05) is 0 Å². The molecule has 117 valence electrons. The zero-order valence-electron chi connectivity index (χ0n) is 11.4. The molecule has 0 bridgehead atoms. The van der Waals surface area contributed by atoms with Crippen LogP contribution in [0.2, 0.25) is 0 Å². The second-order valence-electron chi connectivity index (χ2n) is 4.54. The van der Waals surface area contributed by atoms with Gasteiger partial charge in [0.2, 0.25) is 0 Å². The number of rotatable bonds is 0. The number of imide groups is 2. The fourth-order valence-corrected chi connectivity index (χ4v) is 2.14. The van der Waals surface area contributed by atoms with Crippen LogP contribution in [0.3, 0.4) is 0 Å². The van der Waals surface area contributed by atoms with Gasteiger partial charge in [-0.2, -0.15) is 0 Å². The van der Waals surface area contributed by atoms with E-state index < -0.39 is 23.6 Å². The Morgan fingerprint density at radius 3 is 0.913 bits per heavy atom. The summed E-state index contributed by atoms with van der Waals surface area (Å²) in [5, 5.41) is 6.56. The van der Waals surface area contributed by atoms with Gasteiger partial charge in [0.25, 0.3) is 0 Å². The van der Waals surface area contributed by atoms with Crippen LogP contribution in [0.25, 0.3) is 10.6 Å². The van der Waals surface area contributed by atoms with Gasteiger partial charge in [-0.15, -0.1) is 0 Å². The molecule has 2 heterocycles. The molecule has 0 saturated carbocycles. The molecule has 2 aromatic carbocycles. The van der Waals surface area contributed by atoms with Crippen LogP contribution in [0.1, 0.15) is 41.4 Å². The van der Waals surface area contributed by atoms with E-state index in [9.17, 15) is 19.2 Å². The minimum absolute atomic E-state index is 0. The summed E-state index contributed by atoms with van der Waals surface area (Å²) in [4.78, 5) is 43.6. The number of carbonyl (C=O) groups is 4. The van der Waals surface area contributed by atoms with Crippen LogP contribution in [-0.2, 0) is 17.1 Å². The van der Waals surface area contributed by atoms with Crippen molar-refractivity contribution >= 4 is 23.6 Å². The molecular formula is C16H8CuN2O4. The van der Waals surface area contributed by atoms with Gasteiger partial charge in [0, 0.05) is 22.3 Å². The van der Waals surface area contributed by atoms with Gasteiger partial charge in [-0.3, -0.25) is 0 Å². The number of hydrogen-bond acceptors (Lipinski definition) is 4. The zero-order chi connectivity index (χ0) is 15.7. The van der Waals surface area contributed by atoms with E-state index in [1.165, 1.54) is 0 Å². The average molecular weight is 356 g/mol. The minimum atomic E-state index is -0.425. The third kappa shape index (κ3) is 3.06. The topological polar surface area (TPSA) is 96.5 Å². The number of nitrogens with zero attached hydrogens (tertiary/aromatic N) is 2. The SMILES string of the molecule is O=C1[N-]C(=O)c2ccccc21.O=C1[N-]C(=O)c2ccccc21.[Cu+2]. The molecule has 7 heteroatoms. The maximum absolute atomic E-state index is 10.9. The van der Waals surface area contributed by atoms with Gasteiger partial charge in [0.1, 0.15) is 0 Å². The fraction of sp³-hybridized carbons (Fsp3) is 0. The van der Waals surface area contributed by atoms with Crippen LogP contribution >= 0.6 is 0 Å². The first-order chi connectivity index (χ1) is 10.6. The first-order valence-corrected chi connectivity index (χ1v) is 6.37. The van der Waals surface area contributed by atoms with Crippen molar-refractivity contribution in [2.45, 2.75) is 0 Å². The molecule has 0 spiro atoms. The fourth-order valence-electron chi connectivity index (χ4n) is 2.14. The van der Waals surface area contributed by atoms with Gasteiger partial charge in [0.05, 0.1) is 23.6 Å². The molecule has 4 rings (SSSR count). The van der Waals surface area contributed by atoms with Crippen LogP contribution in [0.15, 0.2) is 48.5 Å². The van der Waals surface area contributed by atoms with E-state index in [1.807, 2.05) is 0 Å². The van der Waals surface area contributed by atoms with Crippen LogP contribution in [0.4, 0.5) is 0 Å². The third-order valence-corrected chi connectivity index (χ3v) is 3.18. The summed E-state index contributed by atoms with van der Waals surface area (Å²) in [7, 11) is 0. The van der Waals surface area contributed by atoms with Crippen molar-refractivity contribution in [2.24, 2.45) is 0 Å². The summed E-state index contributed by atoms with van der Waals surface area (Å²) in [6, 6.07) is 13.3. The molecule has 6 nitrogen and oxygen atoms in total. The second kappa shape index (κ2) is 6.56. The molecule has 0 unspecified atom stereocenters. The van der Waals surface area contributed by atoms with Gasteiger partial charge < -0.3 is 29.8 Å². The number of hydrogen-bond donors (Lipinski definition) is 0. The Balaban J connectivity index is 0.000000160. The van der Waals surface area contributed by atoms with Crippen LogP contribution in [-0.4, -0.2) is 23.6 Å². The average Bonchev–Trinajstić information content (AvgIpc) is 2.99. The summed E-state index contributed by atoms with van der Waals surface area (Å²) in [5.41, 5.74) is 1.66. The van der Waals surface area contributed by atoms with Crippen molar-refractivity contribution in [1.82, 2.24) is 0 Å². The Bertz CT molecular complexity index is 697. The Labute approximate surface area is 141 Å². The molecule has 2 aromatic rings. The maximum Gasteiger partial charge on any atom is 2.00 e. The predicted octanol–water partition coefficient (Wildman–Crippen LogP) is 2.71. The van der Waals surface area contributed by atoms with Crippen molar-refractivity contribution in [1.29, 1.82) is 0 Å². The largest absolute Gasteiger partial charge is 2.00 e.